The first kappa shape index (κ1) is 16.0. The summed E-state index contributed by atoms with van der Waals surface area (Å²) in [5.41, 5.74) is 1.17. The third kappa shape index (κ3) is 3.44. The van der Waals surface area contributed by atoms with E-state index in [4.69, 9.17) is 10.4 Å². The SMILES string of the molecule is Cc1csc(CC(=O)O)c1NS(=O)(=O)c1cccc(C#N)c1. The average Bonchev–Trinajstić information content (AvgIpc) is 2.79. The number of rotatable bonds is 5. The summed E-state index contributed by atoms with van der Waals surface area (Å²) in [7, 11) is -3.88. The van der Waals surface area contributed by atoms with Gasteiger partial charge in [-0.25, -0.2) is 8.42 Å². The zero-order chi connectivity index (χ0) is 16.3. The normalized spacial score (nSPS) is 10.9. The molecule has 22 heavy (non-hydrogen) atoms. The molecule has 2 N–H and O–H groups in total. The molecule has 0 radical (unpaired) electrons. The predicted octanol–water partition coefficient (Wildman–Crippen LogP) is 2.36. The molecular weight excluding hydrogens is 324 g/mol. The number of benzene rings is 1. The van der Waals surface area contributed by atoms with Crippen molar-refractivity contribution in [2.75, 3.05) is 4.72 Å². The van der Waals surface area contributed by atoms with Gasteiger partial charge < -0.3 is 5.11 Å². The van der Waals surface area contributed by atoms with Gasteiger partial charge in [0.2, 0.25) is 0 Å². The van der Waals surface area contributed by atoms with E-state index in [9.17, 15) is 13.2 Å². The van der Waals surface area contributed by atoms with Crippen LogP contribution in [-0.4, -0.2) is 19.5 Å². The van der Waals surface area contributed by atoms with E-state index < -0.39 is 16.0 Å². The van der Waals surface area contributed by atoms with E-state index >= 15 is 0 Å². The molecule has 0 bridgehead atoms. The summed E-state index contributed by atoms with van der Waals surface area (Å²) in [6, 6.07) is 7.50. The molecule has 2 rings (SSSR count). The molecule has 6 nitrogen and oxygen atoms in total. The molecule has 0 unspecified atom stereocenters. The van der Waals surface area contributed by atoms with Crippen LogP contribution in [0.2, 0.25) is 0 Å². The van der Waals surface area contributed by atoms with Gasteiger partial charge >= 0.3 is 5.97 Å². The molecule has 114 valence electrons. The second kappa shape index (κ2) is 6.17. The fourth-order valence-corrected chi connectivity index (χ4v) is 4.08. The van der Waals surface area contributed by atoms with Crippen LogP contribution in [0, 0.1) is 18.3 Å². The molecule has 1 aromatic carbocycles. The summed E-state index contributed by atoms with van der Waals surface area (Å²) < 4.78 is 27.2. The van der Waals surface area contributed by atoms with E-state index in [-0.39, 0.29) is 22.6 Å². The monoisotopic (exact) mass is 336 g/mol. The fourth-order valence-electron chi connectivity index (χ4n) is 1.83. The number of thiophene rings is 1. The number of aliphatic carboxylic acids is 1. The Labute approximate surface area is 131 Å². The number of nitrogens with zero attached hydrogens (tertiary/aromatic N) is 1. The molecule has 1 aromatic heterocycles. The Morgan fingerprint density at radius 1 is 1.45 bits per heavy atom. The molecule has 0 saturated heterocycles. The van der Waals surface area contributed by atoms with Crippen molar-refractivity contribution >= 4 is 33.0 Å². The Bertz CT molecular complexity index is 863. The number of anilines is 1. The minimum Gasteiger partial charge on any atom is -0.481 e. The number of carboxylic acid groups (broad SMARTS) is 1. The first-order chi connectivity index (χ1) is 10.3. The van der Waals surface area contributed by atoms with Crippen LogP contribution in [0.1, 0.15) is 16.0 Å². The number of hydrogen-bond acceptors (Lipinski definition) is 5. The maximum atomic E-state index is 12.4. The van der Waals surface area contributed by atoms with Gasteiger partial charge in [-0.05, 0) is 36.1 Å². The highest BCUT2D eigenvalue weighted by molar-refractivity contribution is 7.92. The van der Waals surface area contributed by atoms with Crippen LogP contribution in [-0.2, 0) is 21.2 Å². The van der Waals surface area contributed by atoms with Crippen LogP contribution in [0.3, 0.4) is 0 Å². The van der Waals surface area contributed by atoms with Crippen molar-refractivity contribution in [3.8, 4) is 6.07 Å². The lowest BCUT2D eigenvalue weighted by Crippen LogP contribution is -2.15. The highest BCUT2D eigenvalue weighted by atomic mass is 32.2. The molecule has 0 atom stereocenters. The third-order valence-corrected chi connectivity index (χ3v) is 5.32. The zero-order valence-corrected chi connectivity index (χ0v) is 13.2. The van der Waals surface area contributed by atoms with Crippen molar-refractivity contribution < 1.29 is 18.3 Å². The van der Waals surface area contributed by atoms with Crippen molar-refractivity contribution in [1.82, 2.24) is 0 Å². The van der Waals surface area contributed by atoms with Crippen molar-refractivity contribution in [2.45, 2.75) is 18.2 Å². The second-order valence-electron chi connectivity index (χ2n) is 4.53. The van der Waals surface area contributed by atoms with Crippen LogP contribution in [0.25, 0.3) is 0 Å². The largest absolute Gasteiger partial charge is 0.481 e. The van der Waals surface area contributed by atoms with Crippen LogP contribution in [0.4, 0.5) is 5.69 Å². The van der Waals surface area contributed by atoms with Crippen molar-refractivity contribution in [2.24, 2.45) is 0 Å². The summed E-state index contributed by atoms with van der Waals surface area (Å²) in [5, 5.41) is 19.4. The molecule has 0 aliphatic rings. The number of sulfonamides is 1. The number of carboxylic acids is 1. The van der Waals surface area contributed by atoms with E-state index in [0.717, 1.165) is 0 Å². The van der Waals surface area contributed by atoms with Gasteiger partial charge in [-0.2, -0.15) is 5.26 Å². The van der Waals surface area contributed by atoms with Gasteiger partial charge in [0.15, 0.2) is 0 Å². The lowest BCUT2D eigenvalue weighted by atomic mass is 10.2. The number of carbonyl (C=O) groups is 1. The van der Waals surface area contributed by atoms with Crippen LogP contribution in [0.5, 0.6) is 0 Å². The van der Waals surface area contributed by atoms with E-state index in [0.29, 0.717) is 10.4 Å². The maximum Gasteiger partial charge on any atom is 0.308 e. The summed E-state index contributed by atoms with van der Waals surface area (Å²) in [6.07, 6.45) is -0.255. The smallest absolute Gasteiger partial charge is 0.308 e. The molecule has 2 aromatic rings. The van der Waals surface area contributed by atoms with Crippen LogP contribution in [0.15, 0.2) is 34.5 Å². The Kier molecular flexibility index (Phi) is 4.49. The summed E-state index contributed by atoms with van der Waals surface area (Å²) in [4.78, 5) is 11.2. The highest BCUT2D eigenvalue weighted by Gasteiger charge is 2.20. The third-order valence-electron chi connectivity index (χ3n) is 2.87. The summed E-state index contributed by atoms with van der Waals surface area (Å²) in [6.45, 7) is 1.70. The number of nitriles is 1. The van der Waals surface area contributed by atoms with Gasteiger partial charge in [0.1, 0.15) is 0 Å². The Balaban J connectivity index is 2.39. The maximum absolute atomic E-state index is 12.4. The highest BCUT2D eigenvalue weighted by Crippen LogP contribution is 2.30. The topological polar surface area (TPSA) is 107 Å². The molecule has 0 spiro atoms. The predicted molar refractivity (Wildman–Crippen MR) is 82.4 cm³/mol. The summed E-state index contributed by atoms with van der Waals surface area (Å²) in [5.74, 6) is -1.03. The molecular formula is C14H12N2O4S2. The van der Waals surface area contributed by atoms with Gasteiger partial charge in [0, 0.05) is 4.88 Å². The minimum absolute atomic E-state index is 0.0431. The number of nitrogens with one attached hydrogen (secondary N) is 1. The first-order valence-electron chi connectivity index (χ1n) is 6.15. The second-order valence-corrected chi connectivity index (χ2v) is 7.18. The van der Waals surface area contributed by atoms with Crippen molar-refractivity contribution in [1.29, 1.82) is 5.26 Å². The van der Waals surface area contributed by atoms with E-state index in [1.165, 1.54) is 35.6 Å². The van der Waals surface area contributed by atoms with Crippen molar-refractivity contribution in [3.05, 3.63) is 45.6 Å². The Morgan fingerprint density at radius 3 is 2.82 bits per heavy atom. The molecule has 8 heteroatoms. The first-order valence-corrected chi connectivity index (χ1v) is 8.51. The average molecular weight is 336 g/mol. The molecule has 0 aliphatic carbocycles. The summed E-state index contributed by atoms with van der Waals surface area (Å²) >= 11 is 1.19. The number of aryl methyl sites for hydroxylation is 1. The zero-order valence-electron chi connectivity index (χ0n) is 11.5. The van der Waals surface area contributed by atoms with E-state index in [1.54, 1.807) is 12.3 Å². The molecule has 0 fully saturated rings. The molecule has 0 amide bonds. The Morgan fingerprint density at radius 2 is 2.18 bits per heavy atom. The van der Waals surface area contributed by atoms with E-state index in [2.05, 4.69) is 4.72 Å². The van der Waals surface area contributed by atoms with E-state index in [1.807, 2.05) is 6.07 Å². The van der Waals surface area contributed by atoms with Gasteiger partial charge in [0.25, 0.3) is 10.0 Å². The van der Waals surface area contributed by atoms with Gasteiger partial charge in [-0.1, -0.05) is 6.07 Å². The van der Waals surface area contributed by atoms with Crippen LogP contribution >= 0.6 is 11.3 Å². The fraction of sp³-hybridized carbons (Fsp3) is 0.143. The molecule has 1 heterocycles. The van der Waals surface area contributed by atoms with Crippen LogP contribution < -0.4 is 4.72 Å². The number of hydrogen-bond donors (Lipinski definition) is 2. The van der Waals surface area contributed by atoms with Gasteiger partial charge in [0.05, 0.1) is 28.6 Å². The van der Waals surface area contributed by atoms with Crippen molar-refractivity contribution in [3.63, 3.8) is 0 Å². The molecule has 0 aliphatic heterocycles. The quantitative estimate of drug-likeness (QED) is 0.871. The van der Waals surface area contributed by atoms with Gasteiger partial charge in [-0.15, -0.1) is 11.3 Å². The lowest BCUT2D eigenvalue weighted by molar-refractivity contribution is -0.136. The minimum atomic E-state index is -3.88. The Hall–Kier alpha value is -2.37. The molecule has 0 saturated carbocycles. The van der Waals surface area contributed by atoms with Gasteiger partial charge in [-0.3, -0.25) is 9.52 Å². The lowest BCUT2D eigenvalue weighted by Gasteiger charge is -2.10. The standard InChI is InChI=1S/C14H12N2O4S2/c1-9-8-21-12(6-13(17)18)14(9)16-22(19,20)11-4-2-3-10(5-11)7-15/h2-5,8,16H,6H2,1H3,(H,17,18).